The second-order valence-corrected chi connectivity index (χ2v) is 7.95. The van der Waals surface area contributed by atoms with Gasteiger partial charge >= 0.3 is 0 Å². The van der Waals surface area contributed by atoms with Gasteiger partial charge in [-0.2, -0.15) is 5.10 Å². The Bertz CT molecular complexity index is 806. The van der Waals surface area contributed by atoms with Crippen LogP contribution in [0.1, 0.15) is 42.5 Å². The van der Waals surface area contributed by atoms with Crippen LogP contribution >= 0.6 is 0 Å². The summed E-state index contributed by atoms with van der Waals surface area (Å²) in [4.78, 5) is 15.6. The maximum absolute atomic E-state index is 13.1. The van der Waals surface area contributed by atoms with Gasteiger partial charge in [0, 0.05) is 30.7 Å². The minimum Gasteiger partial charge on any atom is -0.497 e. The van der Waals surface area contributed by atoms with Crippen LogP contribution in [0.5, 0.6) is 5.75 Å². The molecule has 1 saturated heterocycles. The summed E-state index contributed by atoms with van der Waals surface area (Å²) < 4.78 is 10.8. The summed E-state index contributed by atoms with van der Waals surface area (Å²) in [7, 11) is 1.64. The molecule has 1 amide bonds. The van der Waals surface area contributed by atoms with Gasteiger partial charge in [0.2, 0.25) is 0 Å². The van der Waals surface area contributed by atoms with Crippen LogP contribution in [0, 0.1) is 0 Å². The van der Waals surface area contributed by atoms with Crippen molar-refractivity contribution in [3.05, 3.63) is 36.0 Å². The Labute approximate surface area is 171 Å². The van der Waals surface area contributed by atoms with Gasteiger partial charge in [0.25, 0.3) is 5.91 Å². The highest BCUT2D eigenvalue weighted by Gasteiger charge is 2.39. The van der Waals surface area contributed by atoms with E-state index in [1.54, 1.807) is 13.3 Å². The van der Waals surface area contributed by atoms with Gasteiger partial charge in [0.05, 0.1) is 37.8 Å². The van der Waals surface area contributed by atoms with Crippen molar-refractivity contribution in [1.82, 2.24) is 20.4 Å². The van der Waals surface area contributed by atoms with Gasteiger partial charge in [-0.05, 0) is 37.1 Å². The third-order valence-electron chi connectivity index (χ3n) is 6.31. The van der Waals surface area contributed by atoms with Crippen LogP contribution in [0.25, 0.3) is 11.3 Å². The molecule has 2 fully saturated rings. The first-order valence-corrected chi connectivity index (χ1v) is 10.5. The number of carbonyl (C=O) groups is 1. The lowest BCUT2D eigenvalue weighted by Crippen LogP contribution is -2.59. The van der Waals surface area contributed by atoms with Crippen molar-refractivity contribution in [1.29, 1.82) is 0 Å². The molecule has 2 aliphatic rings. The van der Waals surface area contributed by atoms with E-state index in [4.69, 9.17) is 9.47 Å². The molecule has 0 atom stereocenters. The molecule has 1 aromatic heterocycles. The minimum absolute atomic E-state index is 0.0434. The summed E-state index contributed by atoms with van der Waals surface area (Å²) >= 11 is 0. The highest BCUT2D eigenvalue weighted by Crippen LogP contribution is 2.34. The van der Waals surface area contributed by atoms with E-state index < -0.39 is 0 Å². The Morgan fingerprint density at radius 3 is 2.62 bits per heavy atom. The van der Waals surface area contributed by atoms with Crippen LogP contribution in [0.4, 0.5) is 0 Å². The molecule has 2 heterocycles. The summed E-state index contributed by atoms with van der Waals surface area (Å²) in [5.41, 5.74) is 2.26. The van der Waals surface area contributed by atoms with E-state index in [0.717, 1.165) is 56.2 Å². The molecule has 0 unspecified atom stereocenters. The fourth-order valence-electron chi connectivity index (χ4n) is 4.63. The number of rotatable bonds is 6. The van der Waals surface area contributed by atoms with E-state index in [1.165, 1.54) is 19.3 Å². The number of methoxy groups -OCH3 is 1. The molecule has 29 heavy (non-hydrogen) atoms. The number of morpholine rings is 1. The molecule has 1 aliphatic carbocycles. The highest BCUT2D eigenvalue weighted by molar-refractivity contribution is 5.99. The van der Waals surface area contributed by atoms with E-state index in [1.807, 2.05) is 24.3 Å². The van der Waals surface area contributed by atoms with E-state index in [2.05, 4.69) is 20.4 Å². The first-order chi connectivity index (χ1) is 14.2. The van der Waals surface area contributed by atoms with Gasteiger partial charge < -0.3 is 14.8 Å². The summed E-state index contributed by atoms with van der Waals surface area (Å²) in [6, 6.07) is 7.62. The number of hydrogen-bond acceptors (Lipinski definition) is 5. The zero-order valence-electron chi connectivity index (χ0n) is 17.1. The summed E-state index contributed by atoms with van der Waals surface area (Å²) in [6.07, 6.45) is 7.58. The maximum atomic E-state index is 13.1. The molecule has 7 nitrogen and oxygen atoms in total. The number of benzene rings is 1. The van der Waals surface area contributed by atoms with Crippen LogP contribution < -0.4 is 10.1 Å². The molecular formula is C22H30N4O3. The lowest BCUT2D eigenvalue weighted by molar-refractivity contribution is -0.0361. The molecule has 156 valence electrons. The van der Waals surface area contributed by atoms with Crippen LogP contribution in [-0.2, 0) is 4.74 Å². The molecule has 7 heteroatoms. The van der Waals surface area contributed by atoms with Crippen LogP contribution in [0.15, 0.2) is 30.5 Å². The number of amides is 1. The first kappa shape index (κ1) is 19.9. The van der Waals surface area contributed by atoms with Crippen molar-refractivity contribution < 1.29 is 14.3 Å². The average Bonchev–Trinajstić information content (AvgIpc) is 3.29. The molecular weight excluding hydrogens is 368 g/mol. The molecule has 1 aliphatic heterocycles. The highest BCUT2D eigenvalue weighted by atomic mass is 16.5. The minimum atomic E-state index is -0.0808. The second-order valence-electron chi connectivity index (χ2n) is 7.95. The Balaban J connectivity index is 1.48. The SMILES string of the molecule is COc1ccc(-c2[nH]ncc2C(=O)NCC2(N3CCOCC3)CCCCC2)cc1. The second kappa shape index (κ2) is 8.97. The number of aromatic nitrogens is 2. The van der Waals surface area contributed by atoms with Gasteiger partial charge in [-0.1, -0.05) is 19.3 Å². The van der Waals surface area contributed by atoms with Crippen molar-refractivity contribution in [2.24, 2.45) is 0 Å². The zero-order chi connectivity index (χ0) is 20.1. The number of H-pyrrole nitrogens is 1. The predicted molar refractivity (Wildman–Crippen MR) is 111 cm³/mol. The Morgan fingerprint density at radius 1 is 1.21 bits per heavy atom. The molecule has 1 saturated carbocycles. The summed E-state index contributed by atoms with van der Waals surface area (Å²) in [5, 5.41) is 10.3. The molecule has 2 N–H and O–H groups in total. The van der Waals surface area contributed by atoms with E-state index >= 15 is 0 Å². The van der Waals surface area contributed by atoms with E-state index in [-0.39, 0.29) is 11.4 Å². The lowest BCUT2D eigenvalue weighted by Gasteiger charge is -2.48. The Morgan fingerprint density at radius 2 is 1.93 bits per heavy atom. The quantitative estimate of drug-likeness (QED) is 0.782. The number of hydrogen-bond donors (Lipinski definition) is 2. The number of nitrogens with one attached hydrogen (secondary N) is 2. The topological polar surface area (TPSA) is 79.5 Å². The fraction of sp³-hybridized carbons (Fsp3) is 0.545. The van der Waals surface area contributed by atoms with Crippen molar-refractivity contribution in [2.75, 3.05) is 40.0 Å². The molecule has 0 radical (unpaired) electrons. The van der Waals surface area contributed by atoms with Gasteiger partial charge in [-0.3, -0.25) is 14.8 Å². The molecule has 0 bridgehead atoms. The van der Waals surface area contributed by atoms with Gasteiger partial charge in [-0.15, -0.1) is 0 Å². The first-order valence-electron chi connectivity index (χ1n) is 10.5. The summed E-state index contributed by atoms with van der Waals surface area (Å²) in [5.74, 6) is 0.701. The predicted octanol–water partition coefficient (Wildman–Crippen LogP) is 2.85. The molecule has 2 aromatic rings. The van der Waals surface area contributed by atoms with Crippen molar-refractivity contribution >= 4 is 5.91 Å². The van der Waals surface area contributed by atoms with Crippen molar-refractivity contribution in [3.63, 3.8) is 0 Å². The third-order valence-corrected chi connectivity index (χ3v) is 6.31. The van der Waals surface area contributed by atoms with E-state index in [9.17, 15) is 4.79 Å². The van der Waals surface area contributed by atoms with Gasteiger partial charge in [0.1, 0.15) is 5.75 Å². The number of aromatic amines is 1. The monoisotopic (exact) mass is 398 g/mol. The molecule has 0 spiro atoms. The third kappa shape index (κ3) is 4.31. The largest absolute Gasteiger partial charge is 0.497 e. The van der Waals surface area contributed by atoms with Crippen molar-refractivity contribution in [2.45, 2.75) is 37.6 Å². The van der Waals surface area contributed by atoms with Crippen LogP contribution in [-0.4, -0.2) is 66.5 Å². The van der Waals surface area contributed by atoms with Crippen LogP contribution in [0.2, 0.25) is 0 Å². The zero-order valence-corrected chi connectivity index (χ0v) is 17.1. The Kier molecular flexibility index (Phi) is 6.16. The molecule has 1 aromatic carbocycles. The number of ether oxygens (including phenoxy) is 2. The normalized spacial score (nSPS) is 19.6. The fourth-order valence-corrected chi connectivity index (χ4v) is 4.63. The average molecular weight is 399 g/mol. The number of carbonyl (C=O) groups excluding carboxylic acids is 1. The van der Waals surface area contributed by atoms with Crippen LogP contribution in [0.3, 0.4) is 0 Å². The standard InChI is InChI=1S/C22H30N4O3/c1-28-18-7-5-17(6-8-18)20-19(15-24-25-20)21(27)23-16-22(9-3-2-4-10-22)26-11-13-29-14-12-26/h5-8,15H,2-4,9-14,16H2,1H3,(H,23,27)(H,24,25). The lowest BCUT2D eigenvalue weighted by atomic mass is 9.79. The van der Waals surface area contributed by atoms with Gasteiger partial charge in [-0.25, -0.2) is 0 Å². The summed E-state index contributed by atoms with van der Waals surface area (Å²) in [6.45, 7) is 4.11. The number of nitrogens with zero attached hydrogens (tertiary/aromatic N) is 2. The Hall–Kier alpha value is -2.38. The maximum Gasteiger partial charge on any atom is 0.255 e. The molecule has 4 rings (SSSR count). The smallest absolute Gasteiger partial charge is 0.255 e. The van der Waals surface area contributed by atoms with E-state index in [0.29, 0.717) is 12.1 Å². The van der Waals surface area contributed by atoms with Crippen molar-refractivity contribution in [3.8, 4) is 17.0 Å². The van der Waals surface area contributed by atoms with Gasteiger partial charge in [0.15, 0.2) is 0 Å².